The molecule has 3 aromatic rings. The molecule has 0 radical (unpaired) electrons. The molecule has 1 fully saturated rings. The van der Waals surface area contributed by atoms with Gasteiger partial charge in [-0.25, -0.2) is 9.78 Å². The summed E-state index contributed by atoms with van der Waals surface area (Å²) in [5.41, 5.74) is 0.931. The number of pyridine rings is 1. The van der Waals surface area contributed by atoms with Crippen molar-refractivity contribution in [3.63, 3.8) is 0 Å². The second kappa shape index (κ2) is 8.75. The van der Waals surface area contributed by atoms with Crippen molar-refractivity contribution < 1.29 is 9.72 Å². The number of nitrogens with zero attached hydrogens (tertiary/aromatic N) is 5. The van der Waals surface area contributed by atoms with Crippen LogP contribution in [0.5, 0.6) is 0 Å². The zero-order valence-electron chi connectivity index (χ0n) is 17.8. The molecule has 0 spiro atoms. The highest BCUT2D eigenvalue weighted by molar-refractivity contribution is 5.91. The zero-order valence-corrected chi connectivity index (χ0v) is 17.8. The first-order chi connectivity index (χ1) is 15.0. The molecular formula is C23H27N5O3. The van der Waals surface area contributed by atoms with Gasteiger partial charge in [-0.15, -0.1) is 0 Å². The first kappa shape index (κ1) is 20.8. The number of anilines is 1. The van der Waals surface area contributed by atoms with E-state index in [1.807, 2.05) is 41.4 Å². The number of benzene rings is 1. The Balaban J connectivity index is 1.52. The van der Waals surface area contributed by atoms with Gasteiger partial charge in [0.15, 0.2) is 0 Å². The lowest BCUT2D eigenvalue weighted by atomic mass is 10.0. The molecule has 0 saturated carbocycles. The summed E-state index contributed by atoms with van der Waals surface area (Å²) in [7, 11) is 0. The summed E-state index contributed by atoms with van der Waals surface area (Å²) in [5, 5.41) is 12.6. The molecule has 1 aliphatic heterocycles. The number of hydrogen-bond donors (Lipinski definition) is 0. The first-order valence-corrected chi connectivity index (χ1v) is 10.7. The molecule has 8 heteroatoms. The number of carbonyl (C=O) groups excluding carboxylic acids is 1. The standard InChI is InChI=1S/C23H27N5O3/c1-17(2)16-27(22-21(28(30)31)8-5-12-24-22)19-10-13-25(14-11-19)23(29)26-15-9-18-6-3-4-7-20(18)26/h3-9,12,15,17,19H,10-11,13-14,16H2,1-2H3. The Morgan fingerprint density at radius 2 is 1.94 bits per heavy atom. The Bertz CT molecular complexity index is 1090. The van der Waals surface area contributed by atoms with Crippen LogP contribution in [-0.4, -0.2) is 51.1 Å². The van der Waals surface area contributed by atoms with Crippen LogP contribution in [0.3, 0.4) is 0 Å². The van der Waals surface area contributed by atoms with Crippen molar-refractivity contribution in [1.29, 1.82) is 0 Å². The number of piperidine rings is 1. The van der Waals surface area contributed by atoms with Crippen molar-refractivity contribution in [3.8, 4) is 0 Å². The van der Waals surface area contributed by atoms with E-state index in [1.54, 1.807) is 16.8 Å². The van der Waals surface area contributed by atoms with Gasteiger partial charge in [0, 0.05) is 49.5 Å². The number of carbonyl (C=O) groups is 1. The van der Waals surface area contributed by atoms with Crippen LogP contribution >= 0.6 is 0 Å². The summed E-state index contributed by atoms with van der Waals surface area (Å²) in [6, 6.07) is 13.0. The zero-order chi connectivity index (χ0) is 22.0. The minimum absolute atomic E-state index is 0.0282. The predicted octanol–water partition coefficient (Wildman–Crippen LogP) is 4.54. The quantitative estimate of drug-likeness (QED) is 0.446. The number of amides is 1. The lowest BCUT2D eigenvalue weighted by molar-refractivity contribution is -0.384. The third kappa shape index (κ3) is 4.23. The summed E-state index contributed by atoms with van der Waals surface area (Å²) in [5.74, 6) is 0.745. The van der Waals surface area contributed by atoms with Crippen LogP contribution in [0.4, 0.5) is 16.3 Å². The lowest BCUT2D eigenvalue weighted by Crippen LogP contribution is -2.49. The van der Waals surface area contributed by atoms with E-state index >= 15 is 0 Å². The smallest absolute Gasteiger partial charge is 0.328 e. The highest BCUT2D eigenvalue weighted by atomic mass is 16.6. The van der Waals surface area contributed by atoms with E-state index in [4.69, 9.17) is 0 Å². The molecule has 0 aliphatic carbocycles. The van der Waals surface area contributed by atoms with Gasteiger partial charge in [-0.05, 0) is 37.0 Å². The molecule has 1 aliphatic rings. The number of nitro groups is 1. The average Bonchev–Trinajstić information content (AvgIpc) is 3.21. The highest BCUT2D eigenvalue weighted by Crippen LogP contribution is 2.31. The number of hydrogen-bond acceptors (Lipinski definition) is 5. The lowest BCUT2D eigenvalue weighted by Gasteiger charge is -2.39. The van der Waals surface area contributed by atoms with Crippen LogP contribution in [0.1, 0.15) is 26.7 Å². The highest BCUT2D eigenvalue weighted by Gasteiger charge is 2.32. The first-order valence-electron chi connectivity index (χ1n) is 10.7. The van der Waals surface area contributed by atoms with Gasteiger partial charge < -0.3 is 9.80 Å². The molecule has 3 heterocycles. The van der Waals surface area contributed by atoms with Crippen LogP contribution in [-0.2, 0) is 0 Å². The summed E-state index contributed by atoms with van der Waals surface area (Å²) in [6.45, 7) is 6.07. The second-order valence-electron chi connectivity index (χ2n) is 8.39. The fourth-order valence-corrected chi connectivity index (χ4v) is 4.33. The van der Waals surface area contributed by atoms with Crippen LogP contribution in [0.15, 0.2) is 54.9 Å². The van der Waals surface area contributed by atoms with Crippen molar-refractivity contribution in [2.45, 2.75) is 32.7 Å². The Hall–Kier alpha value is -3.42. The van der Waals surface area contributed by atoms with Gasteiger partial charge in [-0.1, -0.05) is 32.0 Å². The van der Waals surface area contributed by atoms with Gasteiger partial charge >= 0.3 is 11.7 Å². The minimum atomic E-state index is -0.370. The van der Waals surface area contributed by atoms with E-state index in [0.717, 1.165) is 23.7 Å². The SMILES string of the molecule is CC(C)CN(c1ncccc1[N+](=O)[O-])C1CCN(C(=O)n2ccc3ccccc32)CC1. The largest absolute Gasteiger partial charge is 0.348 e. The van der Waals surface area contributed by atoms with Crippen molar-refractivity contribution in [1.82, 2.24) is 14.5 Å². The van der Waals surface area contributed by atoms with Gasteiger partial charge in [0.2, 0.25) is 5.82 Å². The topological polar surface area (TPSA) is 84.5 Å². The molecule has 0 bridgehead atoms. The average molecular weight is 422 g/mol. The van der Waals surface area contributed by atoms with Crippen LogP contribution in [0.25, 0.3) is 10.9 Å². The monoisotopic (exact) mass is 421 g/mol. The number of fused-ring (bicyclic) bond motifs is 1. The molecule has 4 rings (SSSR count). The number of likely N-dealkylation sites (tertiary alicyclic amines) is 1. The van der Waals surface area contributed by atoms with Crippen molar-refractivity contribution in [2.75, 3.05) is 24.5 Å². The number of aromatic nitrogens is 2. The van der Waals surface area contributed by atoms with Crippen LogP contribution in [0.2, 0.25) is 0 Å². The van der Waals surface area contributed by atoms with Crippen LogP contribution in [0, 0.1) is 16.0 Å². The predicted molar refractivity (Wildman–Crippen MR) is 120 cm³/mol. The minimum Gasteiger partial charge on any atom is -0.348 e. The third-order valence-electron chi connectivity index (χ3n) is 5.78. The van der Waals surface area contributed by atoms with Gasteiger partial charge in [0.1, 0.15) is 0 Å². The molecule has 0 unspecified atom stereocenters. The van der Waals surface area contributed by atoms with Gasteiger partial charge in [0.25, 0.3) is 0 Å². The Morgan fingerprint density at radius 1 is 1.19 bits per heavy atom. The maximum atomic E-state index is 13.1. The fraction of sp³-hybridized carbons (Fsp3) is 0.391. The fourth-order valence-electron chi connectivity index (χ4n) is 4.33. The molecule has 0 atom stereocenters. The molecule has 162 valence electrons. The van der Waals surface area contributed by atoms with Gasteiger partial charge in [-0.3, -0.25) is 14.7 Å². The van der Waals surface area contributed by atoms with Gasteiger partial charge in [-0.2, -0.15) is 0 Å². The van der Waals surface area contributed by atoms with E-state index in [1.165, 1.54) is 6.07 Å². The molecular weight excluding hydrogens is 394 g/mol. The number of rotatable bonds is 5. The molecule has 1 aromatic carbocycles. The third-order valence-corrected chi connectivity index (χ3v) is 5.78. The van der Waals surface area contributed by atoms with Crippen molar-refractivity contribution >= 4 is 28.4 Å². The molecule has 2 aromatic heterocycles. The van der Waals surface area contributed by atoms with E-state index < -0.39 is 0 Å². The molecule has 1 saturated heterocycles. The molecule has 8 nitrogen and oxygen atoms in total. The van der Waals surface area contributed by atoms with E-state index in [-0.39, 0.29) is 22.7 Å². The summed E-state index contributed by atoms with van der Waals surface area (Å²) in [6.07, 6.45) is 4.91. The maximum Gasteiger partial charge on any atom is 0.328 e. The van der Waals surface area contributed by atoms with Crippen molar-refractivity contribution in [2.24, 2.45) is 5.92 Å². The Morgan fingerprint density at radius 3 is 2.65 bits per heavy atom. The van der Waals surface area contributed by atoms with Crippen LogP contribution < -0.4 is 4.90 Å². The Labute approximate surface area is 181 Å². The van der Waals surface area contributed by atoms with E-state index in [9.17, 15) is 14.9 Å². The Kier molecular flexibility index (Phi) is 5.88. The van der Waals surface area contributed by atoms with Crippen molar-refractivity contribution in [3.05, 3.63) is 65.0 Å². The number of para-hydroxylation sites is 1. The molecule has 0 N–H and O–H groups in total. The summed E-state index contributed by atoms with van der Waals surface area (Å²) in [4.78, 5) is 32.6. The summed E-state index contributed by atoms with van der Waals surface area (Å²) >= 11 is 0. The normalized spacial score (nSPS) is 14.9. The second-order valence-corrected chi connectivity index (χ2v) is 8.39. The van der Waals surface area contributed by atoms with Gasteiger partial charge in [0.05, 0.1) is 10.4 Å². The summed E-state index contributed by atoms with van der Waals surface area (Å²) < 4.78 is 1.70. The molecule has 31 heavy (non-hydrogen) atoms. The van der Waals surface area contributed by atoms with E-state index in [2.05, 4.69) is 23.7 Å². The van der Waals surface area contributed by atoms with E-state index in [0.29, 0.717) is 31.4 Å². The molecule has 1 amide bonds. The maximum absolute atomic E-state index is 13.1.